The topological polar surface area (TPSA) is 27.1 Å². The normalized spacial score (nSPS) is 21.2. The second kappa shape index (κ2) is 5.04. The maximum Gasteiger partial charge on any atom is 0.139 e. The molecule has 102 valence electrons. The Bertz CT molecular complexity index is 623. The van der Waals surface area contributed by atoms with Crippen molar-refractivity contribution in [2.24, 2.45) is 0 Å². The number of hydrogen-bond acceptors (Lipinski definition) is 2. The van der Waals surface area contributed by atoms with Gasteiger partial charge in [-0.3, -0.25) is 0 Å². The molecule has 1 fully saturated rings. The van der Waals surface area contributed by atoms with Gasteiger partial charge in [-0.1, -0.05) is 0 Å². The Morgan fingerprint density at radius 3 is 3.00 bits per heavy atom. The number of imidazole rings is 1. The fourth-order valence-corrected chi connectivity index (χ4v) is 2.98. The molecule has 2 atom stereocenters. The van der Waals surface area contributed by atoms with E-state index in [1.165, 1.54) is 6.07 Å². The number of hydrogen-bond donors (Lipinski definition) is 0. The molecule has 0 bridgehead atoms. The Morgan fingerprint density at radius 1 is 1.58 bits per heavy atom. The van der Waals surface area contributed by atoms with Crippen LogP contribution in [0.5, 0.6) is 0 Å². The molecule has 0 N–H and O–H groups in total. The summed E-state index contributed by atoms with van der Waals surface area (Å²) in [7, 11) is 0. The summed E-state index contributed by atoms with van der Waals surface area (Å²) in [4.78, 5) is 4.54. The van der Waals surface area contributed by atoms with E-state index in [1.54, 1.807) is 6.07 Å². The van der Waals surface area contributed by atoms with Crippen LogP contribution in [0.1, 0.15) is 30.6 Å². The van der Waals surface area contributed by atoms with Gasteiger partial charge in [-0.05, 0) is 35.3 Å². The summed E-state index contributed by atoms with van der Waals surface area (Å²) in [5, 5.41) is -0.227. The molecule has 2 aromatic rings. The van der Waals surface area contributed by atoms with Crippen LogP contribution in [0.3, 0.4) is 0 Å². The molecule has 2 heterocycles. The molecule has 1 aromatic heterocycles. The SMILES string of the molecule is CC(Cl)c1nc2cc(Br)c(F)cc2n1C1CCOC1. The lowest BCUT2D eigenvalue weighted by atomic mass is 10.2. The first-order valence-corrected chi connectivity index (χ1v) is 7.39. The van der Waals surface area contributed by atoms with E-state index < -0.39 is 0 Å². The molecular formula is C13H13BrClFN2O. The van der Waals surface area contributed by atoms with Crippen molar-refractivity contribution in [2.75, 3.05) is 13.2 Å². The molecule has 2 unspecified atom stereocenters. The number of halogens is 3. The zero-order chi connectivity index (χ0) is 13.6. The van der Waals surface area contributed by atoms with Crippen molar-refractivity contribution in [2.45, 2.75) is 24.8 Å². The summed E-state index contributed by atoms with van der Waals surface area (Å²) in [6, 6.07) is 3.38. The van der Waals surface area contributed by atoms with Crippen molar-refractivity contribution in [1.82, 2.24) is 9.55 Å². The molecule has 3 nitrogen and oxygen atoms in total. The number of fused-ring (bicyclic) bond motifs is 1. The predicted octanol–water partition coefficient (Wildman–Crippen LogP) is 4.20. The smallest absolute Gasteiger partial charge is 0.139 e. The van der Waals surface area contributed by atoms with E-state index in [4.69, 9.17) is 16.3 Å². The van der Waals surface area contributed by atoms with Crippen molar-refractivity contribution in [3.05, 3.63) is 28.2 Å². The van der Waals surface area contributed by atoms with Crippen LogP contribution in [0.15, 0.2) is 16.6 Å². The molecule has 0 aliphatic carbocycles. The molecule has 1 saturated heterocycles. The molecule has 6 heteroatoms. The minimum atomic E-state index is -0.290. The molecule has 0 saturated carbocycles. The van der Waals surface area contributed by atoms with Gasteiger partial charge in [0.15, 0.2) is 0 Å². The average molecular weight is 348 g/mol. The molecule has 0 spiro atoms. The molecule has 3 rings (SSSR count). The van der Waals surface area contributed by atoms with Crippen LogP contribution in [0.2, 0.25) is 0 Å². The number of aromatic nitrogens is 2. The van der Waals surface area contributed by atoms with Crippen LogP contribution in [0.25, 0.3) is 11.0 Å². The molecular weight excluding hydrogens is 335 g/mol. The Morgan fingerprint density at radius 2 is 2.37 bits per heavy atom. The number of rotatable bonds is 2. The van der Waals surface area contributed by atoms with Gasteiger partial charge < -0.3 is 9.30 Å². The van der Waals surface area contributed by atoms with Gasteiger partial charge in [0.25, 0.3) is 0 Å². The summed E-state index contributed by atoms with van der Waals surface area (Å²) in [5.74, 6) is 0.478. The zero-order valence-corrected chi connectivity index (χ0v) is 12.7. The van der Waals surface area contributed by atoms with Crippen molar-refractivity contribution >= 4 is 38.6 Å². The monoisotopic (exact) mass is 346 g/mol. The van der Waals surface area contributed by atoms with E-state index in [0.717, 1.165) is 29.9 Å². The molecule has 0 radical (unpaired) electrons. The first kappa shape index (κ1) is 13.3. The first-order valence-electron chi connectivity index (χ1n) is 6.16. The first-order chi connectivity index (χ1) is 9.08. The summed E-state index contributed by atoms with van der Waals surface area (Å²) >= 11 is 9.40. The number of ether oxygens (including phenoxy) is 1. The molecule has 1 aliphatic heterocycles. The highest BCUT2D eigenvalue weighted by atomic mass is 79.9. The van der Waals surface area contributed by atoms with Crippen LogP contribution < -0.4 is 0 Å². The highest BCUT2D eigenvalue weighted by molar-refractivity contribution is 9.10. The third kappa shape index (κ3) is 2.28. The van der Waals surface area contributed by atoms with Gasteiger partial charge in [0.2, 0.25) is 0 Å². The third-order valence-electron chi connectivity index (χ3n) is 3.39. The molecule has 0 amide bonds. The van der Waals surface area contributed by atoms with Crippen molar-refractivity contribution in [1.29, 1.82) is 0 Å². The summed E-state index contributed by atoms with van der Waals surface area (Å²) in [6.45, 7) is 3.22. The highest BCUT2D eigenvalue weighted by Gasteiger charge is 2.25. The second-order valence-electron chi connectivity index (χ2n) is 4.73. The molecule has 1 aliphatic rings. The Kier molecular flexibility index (Phi) is 3.53. The van der Waals surface area contributed by atoms with Gasteiger partial charge in [0, 0.05) is 12.7 Å². The lowest BCUT2D eigenvalue weighted by molar-refractivity contribution is 0.186. The summed E-state index contributed by atoms with van der Waals surface area (Å²) < 4.78 is 21.6. The van der Waals surface area contributed by atoms with Crippen LogP contribution >= 0.6 is 27.5 Å². The Hall–Kier alpha value is -0.650. The van der Waals surface area contributed by atoms with Crippen molar-refractivity contribution < 1.29 is 9.13 Å². The maximum absolute atomic E-state index is 13.8. The summed E-state index contributed by atoms with van der Waals surface area (Å²) in [6.07, 6.45) is 0.903. The van der Waals surface area contributed by atoms with E-state index in [1.807, 2.05) is 11.5 Å². The second-order valence-corrected chi connectivity index (χ2v) is 6.24. The lowest BCUT2D eigenvalue weighted by Gasteiger charge is -2.16. The number of nitrogens with zero attached hydrogens (tertiary/aromatic N) is 2. The quantitative estimate of drug-likeness (QED) is 0.761. The van der Waals surface area contributed by atoms with Crippen molar-refractivity contribution in [3.8, 4) is 0 Å². The van der Waals surface area contributed by atoms with Gasteiger partial charge in [0.1, 0.15) is 11.6 Å². The average Bonchev–Trinajstić information content (AvgIpc) is 2.96. The minimum absolute atomic E-state index is 0.182. The van der Waals surface area contributed by atoms with E-state index in [0.29, 0.717) is 11.1 Å². The summed E-state index contributed by atoms with van der Waals surface area (Å²) in [5.41, 5.74) is 1.53. The van der Waals surface area contributed by atoms with E-state index >= 15 is 0 Å². The lowest BCUT2D eigenvalue weighted by Crippen LogP contribution is -2.12. The minimum Gasteiger partial charge on any atom is -0.379 e. The predicted molar refractivity (Wildman–Crippen MR) is 76.1 cm³/mol. The van der Waals surface area contributed by atoms with E-state index in [9.17, 15) is 4.39 Å². The van der Waals surface area contributed by atoms with E-state index in [-0.39, 0.29) is 17.2 Å². The van der Waals surface area contributed by atoms with Crippen LogP contribution in [-0.4, -0.2) is 22.8 Å². The van der Waals surface area contributed by atoms with Gasteiger partial charge in [-0.15, -0.1) is 11.6 Å². The fraction of sp³-hybridized carbons (Fsp3) is 0.462. The molecule has 19 heavy (non-hydrogen) atoms. The number of benzene rings is 1. The Balaban J connectivity index is 2.25. The van der Waals surface area contributed by atoms with Gasteiger partial charge in [-0.25, -0.2) is 9.37 Å². The maximum atomic E-state index is 13.8. The standard InChI is InChI=1S/C13H13BrClFN2O/c1-7(15)13-17-11-4-9(14)10(16)5-12(11)18(13)8-2-3-19-6-8/h4-5,7-8H,2-3,6H2,1H3. The highest BCUT2D eigenvalue weighted by Crippen LogP contribution is 2.33. The van der Waals surface area contributed by atoms with Crippen LogP contribution in [0, 0.1) is 5.82 Å². The zero-order valence-electron chi connectivity index (χ0n) is 10.4. The van der Waals surface area contributed by atoms with Crippen LogP contribution in [-0.2, 0) is 4.74 Å². The van der Waals surface area contributed by atoms with Gasteiger partial charge >= 0.3 is 0 Å². The van der Waals surface area contributed by atoms with E-state index in [2.05, 4.69) is 20.9 Å². The Labute approximate surface area is 123 Å². The number of alkyl halides is 1. The molecule has 1 aromatic carbocycles. The van der Waals surface area contributed by atoms with Crippen molar-refractivity contribution in [3.63, 3.8) is 0 Å². The third-order valence-corrected chi connectivity index (χ3v) is 4.19. The van der Waals surface area contributed by atoms with Crippen LogP contribution in [0.4, 0.5) is 4.39 Å². The van der Waals surface area contributed by atoms with Gasteiger partial charge in [-0.2, -0.15) is 0 Å². The van der Waals surface area contributed by atoms with Gasteiger partial charge in [0.05, 0.1) is 33.5 Å². The fourth-order valence-electron chi connectivity index (χ4n) is 2.50. The largest absolute Gasteiger partial charge is 0.379 e.